The molecule has 1 saturated heterocycles. The standard InChI is InChI=1S/C26H29N5O/c32-26(31-17-12-21-8-3-4-10-23(21)31)22-9-7-13-28-25(22)29-19-20-11-14-27-24(18-20)30-15-5-1-2-6-16-30/h3-4,7-11,13-14,18H,1-2,5-6,12,15-17,19H2,(H,28,29). The van der Waals surface area contributed by atoms with Crippen LogP contribution in [0.4, 0.5) is 17.3 Å². The van der Waals surface area contributed by atoms with Crippen LogP contribution in [-0.2, 0) is 13.0 Å². The van der Waals surface area contributed by atoms with E-state index in [2.05, 4.69) is 32.3 Å². The molecule has 6 nitrogen and oxygen atoms in total. The van der Waals surface area contributed by atoms with Crippen LogP contribution in [-0.4, -0.2) is 35.5 Å². The monoisotopic (exact) mass is 427 g/mol. The van der Waals surface area contributed by atoms with Crippen LogP contribution in [0.5, 0.6) is 0 Å². The number of hydrogen-bond acceptors (Lipinski definition) is 5. The Morgan fingerprint density at radius 1 is 0.906 bits per heavy atom. The number of nitrogens with one attached hydrogen (secondary N) is 1. The van der Waals surface area contributed by atoms with Gasteiger partial charge in [-0.3, -0.25) is 4.79 Å². The lowest BCUT2D eigenvalue weighted by atomic mass is 10.1. The minimum absolute atomic E-state index is 0.00876. The fourth-order valence-corrected chi connectivity index (χ4v) is 4.64. The molecule has 0 aliphatic carbocycles. The Morgan fingerprint density at radius 2 is 1.75 bits per heavy atom. The Bertz CT molecular complexity index is 1090. The summed E-state index contributed by atoms with van der Waals surface area (Å²) in [6.45, 7) is 3.44. The van der Waals surface area contributed by atoms with Crippen molar-refractivity contribution in [2.75, 3.05) is 34.8 Å². The van der Waals surface area contributed by atoms with Gasteiger partial charge in [-0.15, -0.1) is 0 Å². The summed E-state index contributed by atoms with van der Waals surface area (Å²) in [7, 11) is 0. The number of carbonyl (C=O) groups excluding carboxylic acids is 1. The van der Waals surface area contributed by atoms with Crippen LogP contribution in [0.15, 0.2) is 60.9 Å². The van der Waals surface area contributed by atoms with Crippen molar-refractivity contribution < 1.29 is 4.79 Å². The van der Waals surface area contributed by atoms with E-state index >= 15 is 0 Å². The highest BCUT2D eigenvalue weighted by Gasteiger charge is 2.27. The number of aromatic nitrogens is 2. The van der Waals surface area contributed by atoms with E-state index < -0.39 is 0 Å². The van der Waals surface area contributed by atoms with Gasteiger partial charge in [0.15, 0.2) is 0 Å². The summed E-state index contributed by atoms with van der Waals surface area (Å²) in [5.74, 6) is 1.65. The highest BCUT2D eigenvalue weighted by molar-refractivity contribution is 6.10. The summed E-state index contributed by atoms with van der Waals surface area (Å²) in [6.07, 6.45) is 9.55. The summed E-state index contributed by atoms with van der Waals surface area (Å²) in [6, 6.07) is 16.0. The van der Waals surface area contributed by atoms with Gasteiger partial charge in [-0.1, -0.05) is 31.0 Å². The van der Waals surface area contributed by atoms with Gasteiger partial charge < -0.3 is 15.1 Å². The van der Waals surface area contributed by atoms with Crippen molar-refractivity contribution in [3.63, 3.8) is 0 Å². The van der Waals surface area contributed by atoms with Gasteiger partial charge in [0.2, 0.25) is 0 Å². The van der Waals surface area contributed by atoms with E-state index in [0.29, 0.717) is 24.5 Å². The maximum atomic E-state index is 13.4. The Kier molecular flexibility index (Phi) is 6.01. The lowest BCUT2D eigenvalue weighted by molar-refractivity contribution is 0.0990. The molecule has 164 valence electrons. The first-order chi connectivity index (χ1) is 15.8. The average molecular weight is 428 g/mol. The van der Waals surface area contributed by atoms with Crippen molar-refractivity contribution in [1.82, 2.24) is 9.97 Å². The van der Waals surface area contributed by atoms with Gasteiger partial charge in [0.25, 0.3) is 5.91 Å². The second-order valence-corrected chi connectivity index (χ2v) is 8.51. The first-order valence-corrected chi connectivity index (χ1v) is 11.6. The van der Waals surface area contributed by atoms with E-state index in [1.54, 1.807) is 6.20 Å². The Morgan fingerprint density at radius 3 is 2.62 bits per heavy atom. The summed E-state index contributed by atoms with van der Waals surface area (Å²) in [5.41, 5.74) is 3.96. The number of para-hydroxylation sites is 1. The molecule has 1 amide bonds. The molecule has 1 fully saturated rings. The molecule has 0 unspecified atom stereocenters. The van der Waals surface area contributed by atoms with Crippen LogP contribution in [0.2, 0.25) is 0 Å². The third kappa shape index (κ3) is 4.31. The minimum Gasteiger partial charge on any atom is -0.365 e. The number of rotatable bonds is 5. The first kappa shape index (κ1) is 20.5. The zero-order valence-electron chi connectivity index (χ0n) is 18.3. The zero-order valence-corrected chi connectivity index (χ0v) is 18.3. The highest BCUT2D eigenvalue weighted by Crippen LogP contribution is 2.30. The Hall–Kier alpha value is -3.41. The molecule has 0 atom stereocenters. The molecule has 4 heterocycles. The molecular weight excluding hydrogens is 398 g/mol. The number of benzene rings is 1. The first-order valence-electron chi connectivity index (χ1n) is 11.6. The molecular formula is C26H29N5O. The van der Waals surface area contributed by atoms with Crippen LogP contribution in [0.3, 0.4) is 0 Å². The second-order valence-electron chi connectivity index (χ2n) is 8.51. The van der Waals surface area contributed by atoms with Crippen molar-refractivity contribution >= 4 is 23.2 Å². The molecule has 6 heteroatoms. The maximum absolute atomic E-state index is 13.4. The second kappa shape index (κ2) is 9.39. The molecule has 1 aromatic carbocycles. The molecule has 1 N–H and O–H groups in total. The number of pyridine rings is 2. The van der Waals surface area contributed by atoms with Crippen LogP contribution >= 0.6 is 0 Å². The summed E-state index contributed by atoms with van der Waals surface area (Å²) in [5, 5.41) is 3.40. The van der Waals surface area contributed by atoms with Gasteiger partial charge in [-0.25, -0.2) is 9.97 Å². The molecule has 5 rings (SSSR count). The lowest BCUT2D eigenvalue weighted by Gasteiger charge is -2.22. The molecule has 0 spiro atoms. The third-order valence-electron chi connectivity index (χ3n) is 6.37. The molecule has 2 aromatic heterocycles. The average Bonchev–Trinajstić information content (AvgIpc) is 3.08. The quantitative estimate of drug-likeness (QED) is 0.641. The van der Waals surface area contributed by atoms with Crippen LogP contribution in [0, 0.1) is 0 Å². The molecule has 0 bridgehead atoms. The number of carbonyl (C=O) groups is 1. The molecule has 0 radical (unpaired) electrons. The molecule has 32 heavy (non-hydrogen) atoms. The van der Waals surface area contributed by atoms with Crippen molar-refractivity contribution in [3.05, 3.63) is 77.6 Å². The smallest absolute Gasteiger partial charge is 0.262 e. The van der Waals surface area contributed by atoms with E-state index in [-0.39, 0.29) is 5.91 Å². The van der Waals surface area contributed by atoms with Gasteiger partial charge in [-0.2, -0.15) is 0 Å². The lowest BCUT2D eigenvalue weighted by Crippen LogP contribution is -2.29. The fraction of sp³-hybridized carbons (Fsp3) is 0.346. The maximum Gasteiger partial charge on any atom is 0.262 e. The van der Waals surface area contributed by atoms with Gasteiger partial charge in [0.05, 0.1) is 5.56 Å². The van der Waals surface area contributed by atoms with Crippen molar-refractivity contribution in [1.29, 1.82) is 0 Å². The number of anilines is 3. The highest BCUT2D eigenvalue weighted by atomic mass is 16.2. The van der Waals surface area contributed by atoms with E-state index in [4.69, 9.17) is 0 Å². The fourth-order valence-electron chi connectivity index (χ4n) is 4.64. The largest absolute Gasteiger partial charge is 0.365 e. The van der Waals surface area contributed by atoms with E-state index in [9.17, 15) is 4.79 Å². The van der Waals surface area contributed by atoms with E-state index in [0.717, 1.165) is 36.6 Å². The van der Waals surface area contributed by atoms with E-state index in [1.807, 2.05) is 47.5 Å². The number of fused-ring (bicyclic) bond motifs is 1. The Balaban J connectivity index is 1.31. The predicted molar refractivity (Wildman–Crippen MR) is 128 cm³/mol. The number of nitrogens with zero attached hydrogens (tertiary/aromatic N) is 4. The van der Waals surface area contributed by atoms with Crippen LogP contribution in [0.1, 0.15) is 47.2 Å². The predicted octanol–water partition coefficient (Wildman–Crippen LogP) is 4.67. The summed E-state index contributed by atoms with van der Waals surface area (Å²) in [4.78, 5) is 26.7. The number of hydrogen-bond donors (Lipinski definition) is 1. The Labute approximate surface area is 189 Å². The molecule has 3 aromatic rings. The van der Waals surface area contributed by atoms with Gasteiger partial charge in [-0.05, 0) is 60.7 Å². The van der Waals surface area contributed by atoms with Crippen molar-refractivity contribution in [2.24, 2.45) is 0 Å². The van der Waals surface area contributed by atoms with E-state index in [1.165, 1.54) is 31.2 Å². The summed E-state index contributed by atoms with van der Waals surface area (Å²) >= 11 is 0. The molecule has 2 aliphatic rings. The van der Waals surface area contributed by atoms with Crippen LogP contribution in [0.25, 0.3) is 0 Å². The van der Waals surface area contributed by atoms with Gasteiger partial charge in [0.1, 0.15) is 11.6 Å². The molecule has 2 aliphatic heterocycles. The molecule has 0 saturated carbocycles. The van der Waals surface area contributed by atoms with Crippen LogP contribution < -0.4 is 15.1 Å². The number of amides is 1. The van der Waals surface area contributed by atoms with Crippen molar-refractivity contribution in [2.45, 2.75) is 38.6 Å². The third-order valence-corrected chi connectivity index (χ3v) is 6.37. The van der Waals surface area contributed by atoms with Crippen molar-refractivity contribution in [3.8, 4) is 0 Å². The SMILES string of the molecule is O=C(c1cccnc1NCc1ccnc(N2CCCCCC2)c1)N1CCc2ccccc21. The zero-order chi connectivity index (χ0) is 21.8. The topological polar surface area (TPSA) is 61.4 Å². The van der Waals surface area contributed by atoms with Gasteiger partial charge in [0, 0.05) is 44.3 Å². The summed E-state index contributed by atoms with van der Waals surface area (Å²) < 4.78 is 0. The normalized spacial score (nSPS) is 15.9. The van der Waals surface area contributed by atoms with Gasteiger partial charge >= 0.3 is 0 Å². The minimum atomic E-state index is -0.00876.